The third-order valence-electron chi connectivity index (χ3n) is 6.03. The molecule has 2 N–H and O–H groups in total. The van der Waals surface area contributed by atoms with Gasteiger partial charge in [0.05, 0.1) is 5.69 Å². The molecular formula is C20H38N2OSi. The summed E-state index contributed by atoms with van der Waals surface area (Å²) >= 11 is 0. The molecule has 1 saturated carbocycles. The summed E-state index contributed by atoms with van der Waals surface area (Å²) in [5.74, 6) is 0.707. The van der Waals surface area contributed by atoms with Gasteiger partial charge in [0.15, 0.2) is 8.32 Å². The molecule has 0 saturated heterocycles. The molecule has 0 radical (unpaired) electrons. The highest BCUT2D eigenvalue weighted by Crippen LogP contribution is 2.43. The number of aromatic amines is 1. The first-order valence-electron chi connectivity index (χ1n) is 9.89. The number of aromatic nitrogens is 1. The smallest absolute Gasteiger partial charge is 0.200 e. The van der Waals surface area contributed by atoms with Gasteiger partial charge in [0.25, 0.3) is 0 Å². The number of rotatable bonds is 8. The lowest BCUT2D eigenvalue weighted by Crippen LogP contribution is -2.49. The van der Waals surface area contributed by atoms with Crippen LogP contribution in [0.3, 0.4) is 0 Å². The highest BCUT2D eigenvalue weighted by molar-refractivity contribution is 6.77. The first-order valence-corrected chi connectivity index (χ1v) is 12.0. The molecule has 0 unspecified atom stereocenters. The van der Waals surface area contributed by atoms with Crippen molar-refractivity contribution in [1.82, 2.24) is 4.98 Å². The molecule has 138 valence electrons. The Labute approximate surface area is 150 Å². The van der Waals surface area contributed by atoms with Gasteiger partial charge in [-0.1, -0.05) is 48.0 Å². The molecule has 2 atom stereocenters. The fraction of sp³-hybridized carbons (Fsp3) is 0.800. The predicted octanol–water partition coefficient (Wildman–Crippen LogP) is 6.18. The van der Waals surface area contributed by atoms with Gasteiger partial charge >= 0.3 is 0 Å². The van der Waals surface area contributed by atoms with E-state index in [1.165, 1.54) is 31.4 Å². The van der Waals surface area contributed by atoms with Gasteiger partial charge in [0.2, 0.25) is 0 Å². The van der Waals surface area contributed by atoms with Gasteiger partial charge in [-0.3, -0.25) is 0 Å². The van der Waals surface area contributed by atoms with Gasteiger partial charge < -0.3 is 14.7 Å². The highest BCUT2D eigenvalue weighted by Gasteiger charge is 2.45. The van der Waals surface area contributed by atoms with E-state index in [0.29, 0.717) is 28.6 Å². The van der Waals surface area contributed by atoms with E-state index < -0.39 is 8.32 Å². The van der Waals surface area contributed by atoms with Crippen LogP contribution in [0.15, 0.2) is 18.5 Å². The first-order chi connectivity index (χ1) is 11.4. The molecular weight excluding hydrogens is 312 g/mol. The summed E-state index contributed by atoms with van der Waals surface area (Å²) in [6, 6.07) is 2.71. The van der Waals surface area contributed by atoms with Crippen molar-refractivity contribution in [2.24, 2.45) is 5.92 Å². The summed E-state index contributed by atoms with van der Waals surface area (Å²) in [5.41, 5.74) is 3.25. The van der Waals surface area contributed by atoms with Gasteiger partial charge in [-0.15, -0.1) is 0 Å². The Hall–Kier alpha value is -0.743. The Bertz CT molecular complexity index is 448. The van der Waals surface area contributed by atoms with Crippen molar-refractivity contribution in [3.8, 4) is 0 Å². The first kappa shape index (κ1) is 19.6. The molecule has 1 aliphatic rings. The molecule has 1 fully saturated rings. The second kappa shape index (κ2) is 8.57. The lowest BCUT2D eigenvalue weighted by Gasteiger charge is -2.43. The van der Waals surface area contributed by atoms with E-state index in [-0.39, 0.29) is 0 Å². The molecule has 1 heterocycles. The molecule has 0 bridgehead atoms. The number of H-pyrrole nitrogens is 1. The van der Waals surface area contributed by atoms with Crippen molar-refractivity contribution in [1.29, 1.82) is 0 Å². The SMILES string of the molecule is CC(C)[Si](OC[C@H]1CCC[C@@H](Nc2cc[nH]c2)C1)(C(C)C)C(C)C. The van der Waals surface area contributed by atoms with Crippen LogP contribution in [0.25, 0.3) is 0 Å². The van der Waals surface area contributed by atoms with Crippen molar-refractivity contribution in [2.45, 2.75) is 89.9 Å². The van der Waals surface area contributed by atoms with Crippen LogP contribution < -0.4 is 5.32 Å². The van der Waals surface area contributed by atoms with Crippen LogP contribution in [0, 0.1) is 5.92 Å². The van der Waals surface area contributed by atoms with Gasteiger partial charge in [0.1, 0.15) is 0 Å². The normalized spacial score (nSPS) is 22.5. The van der Waals surface area contributed by atoms with Crippen LogP contribution in [0.1, 0.15) is 67.2 Å². The number of hydrogen-bond donors (Lipinski definition) is 2. The summed E-state index contributed by atoms with van der Waals surface area (Å²) in [5, 5.41) is 3.68. The molecule has 0 spiro atoms. The van der Waals surface area contributed by atoms with Crippen molar-refractivity contribution in [2.75, 3.05) is 11.9 Å². The van der Waals surface area contributed by atoms with E-state index in [4.69, 9.17) is 4.43 Å². The van der Waals surface area contributed by atoms with Crippen LogP contribution in [0.2, 0.25) is 16.6 Å². The van der Waals surface area contributed by atoms with E-state index in [2.05, 4.69) is 57.9 Å². The highest BCUT2D eigenvalue weighted by atomic mass is 28.4. The fourth-order valence-corrected chi connectivity index (χ4v) is 10.5. The van der Waals surface area contributed by atoms with Gasteiger partial charge in [-0.05, 0) is 47.9 Å². The molecule has 2 rings (SSSR count). The quantitative estimate of drug-likeness (QED) is 0.549. The van der Waals surface area contributed by atoms with E-state index >= 15 is 0 Å². The second-order valence-corrected chi connectivity index (χ2v) is 14.1. The molecule has 1 aromatic heterocycles. The van der Waals surface area contributed by atoms with Crippen molar-refractivity contribution >= 4 is 14.0 Å². The molecule has 0 aliphatic heterocycles. The number of anilines is 1. The summed E-state index contributed by atoms with van der Waals surface area (Å²) in [4.78, 5) is 3.13. The maximum Gasteiger partial charge on any atom is 0.200 e. The van der Waals surface area contributed by atoms with Crippen LogP contribution in [-0.4, -0.2) is 26.0 Å². The molecule has 24 heavy (non-hydrogen) atoms. The van der Waals surface area contributed by atoms with Crippen LogP contribution in [0.4, 0.5) is 5.69 Å². The van der Waals surface area contributed by atoms with Crippen LogP contribution in [-0.2, 0) is 4.43 Å². The lowest BCUT2D eigenvalue weighted by molar-refractivity contribution is 0.182. The maximum absolute atomic E-state index is 6.84. The lowest BCUT2D eigenvalue weighted by atomic mass is 9.86. The number of nitrogens with one attached hydrogen (secondary N) is 2. The van der Waals surface area contributed by atoms with Crippen molar-refractivity contribution < 1.29 is 4.43 Å². The third-order valence-corrected chi connectivity index (χ3v) is 12.1. The zero-order valence-electron chi connectivity index (χ0n) is 16.6. The topological polar surface area (TPSA) is 37.0 Å². The Morgan fingerprint density at radius 3 is 2.33 bits per heavy atom. The second-order valence-electron chi connectivity index (χ2n) is 8.60. The van der Waals surface area contributed by atoms with Crippen molar-refractivity contribution in [3.63, 3.8) is 0 Å². The third kappa shape index (κ3) is 4.45. The summed E-state index contributed by atoms with van der Waals surface area (Å²) in [6.07, 6.45) is 9.19. The molecule has 0 aromatic carbocycles. The van der Waals surface area contributed by atoms with Crippen LogP contribution in [0.5, 0.6) is 0 Å². The van der Waals surface area contributed by atoms with E-state index in [9.17, 15) is 0 Å². The van der Waals surface area contributed by atoms with Crippen LogP contribution >= 0.6 is 0 Å². The zero-order valence-corrected chi connectivity index (χ0v) is 17.6. The Kier molecular flexibility index (Phi) is 6.99. The monoisotopic (exact) mass is 350 g/mol. The molecule has 0 amide bonds. The average molecular weight is 351 g/mol. The Morgan fingerprint density at radius 1 is 1.12 bits per heavy atom. The van der Waals surface area contributed by atoms with Gasteiger partial charge in [-0.25, -0.2) is 0 Å². The Balaban J connectivity index is 1.94. The minimum absolute atomic E-state index is 0.594. The number of hydrogen-bond acceptors (Lipinski definition) is 2. The molecule has 1 aliphatic carbocycles. The Morgan fingerprint density at radius 2 is 1.79 bits per heavy atom. The van der Waals surface area contributed by atoms with E-state index in [0.717, 1.165) is 6.61 Å². The maximum atomic E-state index is 6.84. The minimum atomic E-state index is -1.72. The van der Waals surface area contributed by atoms with Gasteiger partial charge in [0, 0.05) is 25.0 Å². The van der Waals surface area contributed by atoms with E-state index in [1.54, 1.807) is 0 Å². The molecule has 3 nitrogen and oxygen atoms in total. The summed E-state index contributed by atoms with van der Waals surface area (Å²) in [7, 11) is -1.72. The zero-order chi connectivity index (χ0) is 17.7. The average Bonchev–Trinajstić information content (AvgIpc) is 3.00. The standard InChI is InChI=1S/C20H38N2OSi/c1-15(2)24(16(3)4,17(5)6)23-14-18-8-7-9-19(12-18)22-20-10-11-21-13-20/h10-11,13,15-19,21-22H,7-9,12,14H2,1-6H3/t18-,19+/m0/s1. The van der Waals surface area contributed by atoms with Gasteiger partial charge in [-0.2, -0.15) is 0 Å². The van der Waals surface area contributed by atoms with E-state index in [1.807, 2.05) is 12.4 Å². The molecule has 4 heteroatoms. The van der Waals surface area contributed by atoms with Crippen molar-refractivity contribution in [3.05, 3.63) is 18.5 Å². The predicted molar refractivity (Wildman–Crippen MR) is 107 cm³/mol. The fourth-order valence-electron chi connectivity index (χ4n) is 4.99. The summed E-state index contributed by atoms with van der Waals surface area (Å²) in [6.45, 7) is 15.2. The summed E-state index contributed by atoms with van der Waals surface area (Å²) < 4.78 is 6.84. The largest absolute Gasteiger partial charge is 0.416 e. The molecule has 1 aromatic rings. The minimum Gasteiger partial charge on any atom is -0.416 e.